The molecule has 94 valence electrons. The van der Waals surface area contributed by atoms with Crippen LogP contribution >= 0.6 is 11.3 Å². The van der Waals surface area contributed by atoms with Gasteiger partial charge in [-0.05, 0) is 31.2 Å². The van der Waals surface area contributed by atoms with Crippen LogP contribution in [0, 0.1) is 0 Å². The number of aromatic nitrogens is 1. The number of nitrogens with zero attached hydrogens (tertiary/aromatic N) is 1. The molecule has 1 aliphatic carbocycles. The summed E-state index contributed by atoms with van der Waals surface area (Å²) in [6.07, 6.45) is 4.47. The van der Waals surface area contributed by atoms with E-state index in [9.17, 15) is 0 Å². The highest BCUT2D eigenvalue weighted by molar-refractivity contribution is 7.12. The summed E-state index contributed by atoms with van der Waals surface area (Å²) in [6, 6.07) is 8.74. The van der Waals surface area contributed by atoms with E-state index in [2.05, 4.69) is 31.2 Å². The molecule has 1 heterocycles. The van der Waals surface area contributed by atoms with Crippen molar-refractivity contribution in [1.82, 2.24) is 4.98 Å². The Morgan fingerprint density at radius 3 is 3.00 bits per heavy atom. The predicted molar refractivity (Wildman–Crippen MR) is 76.8 cm³/mol. The fraction of sp³-hybridized carbons (Fsp3) is 0.400. The molecule has 1 atom stereocenters. The minimum Gasteiger partial charge on any atom is -0.322 e. The fourth-order valence-electron chi connectivity index (χ4n) is 2.49. The Morgan fingerprint density at radius 2 is 2.17 bits per heavy atom. The zero-order valence-corrected chi connectivity index (χ0v) is 11.5. The van der Waals surface area contributed by atoms with E-state index < -0.39 is 0 Å². The molecule has 0 saturated carbocycles. The van der Waals surface area contributed by atoms with Crippen molar-refractivity contribution in [3.63, 3.8) is 0 Å². The zero-order valence-electron chi connectivity index (χ0n) is 10.6. The molecular weight excluding hydrogens is 240 g/mol. The molecular formula is C15H18N2S. The quantitative estimate of drug-likeness (QED) is 0.892. The minimum absolute atomic E-state index is 0.0917. The number of rotatable bonds is 2. The smallest absolute Gasteiger partial charge is 0.110 e. The van der Waals surface area contributed by atoms with Crippen molar-refractivity contribution >= 4 is 11.3 Å². The fourth-order valence-corrected chi connectivity index (χ4v) is 3.70. The van der Waals surface area contributed by atoms with Crippen LogP contribution in [0.15, 0.2) is 24.3 Å². The van der Waals surface area contributed by atoms with Gasteiger partial charge in [-0.15, -0.1) is 11.3 Å². The summed E-state index contributed by atoms with van der Waals surface area (Å²) in [5, 5.41) is 1.10. The van der Waals surface area contributed by atoms with Crippen LogP contribution in [0.4, 0.5) is 0 Å². The second kappa shape index (κ2) is 4.82. The second-order valence-electron chi connectivity index (χ2n) is 4.85. The van der Waals surface area contributed by atoms with Gasteiger partial charge >= 0.3 is 0 Å². The zero-order chi connectivity index (χ0) is 12.5. The van der Waals surface area contributed by atoms with Crippen LogP contribution in [0.25, 0.3) is 11.3 Å². The van der Waals surface area contributed by atoms with Crippen LogP contribution < -0.4 is 5.73 Å². The Kier molecular flexibility index (Phi) is 3.18. The topological polar surface area (TPSA) is 38.9 Å². The summed E-state index contributed by atoms with van der Waals surface area (Å²) in [5.74, 6) is 0. The number of hydrogen-bond acceptors (Lipinski definition) is 3. The molecule has 1 aromatic carbocycles. The molecule has 2 aromatic rings. The molecule has 0 fully saturated rings. The summed E-state index contributed by atoms with van der Waals surface area (Å²) in [5.41, 5.74) is 10.0. The molecule has 0 bridgehead atoms. The molecule has 0 saturated heterocycles. The minimum atomic E-state index is 0.0917. The molecule has 2 nitrogen and oxygen atoms in total. The molecule has 0 radical (unpaired) electrons. The summed E-state index contributed by atoms with van der Waals surface area (Å²) in [4.78, 5) is 6.23. The maximum atomic E-state index is 6.11. The van der Waals surface area contributed by atoms with Gasteiger partial charge in [0.05, 0.1) is 11.7 Å². The Labute approximate surface area is 112 Å². The molecule has 0 amide bonds. The average Bonchev–Trinajstić information content (AvgIpc) is 2.75. The van der Waals surface area contributed by atoms with Crippen molar-refractivity contribution in [2.45, 2.75) is 38.6 Å². The lowest BCUT2D eigenvalue weighted by atomic mass is 10.0. The number of benzene rings is 1. The Hall–Kier alpha value is -1.19. The largest absolute Gasteiger partial charge is 0.322 e. The van der Waals surface area contributed by atoms with Gasteiger partial charge in [0.2, 0.25) is 0 Å². The number of thiazole rings is 1. The first-order valence-corrected chi connectivity index (χ1v) is 7.44. The Morgan fingerprint density at radius 1 is 1.33 bits per heavy atom. The van der Waals surface area contributed by atoms with Crippen molar-refractivity contribution in [3.05, 3.63) is 39.7 Å². The third-order valence-electron chi connectivity index (χ3n) is 3.59. The Bertz CT molecular complexity index is 559. The van der Waals surface area contributed by atoms with Gasteiger partial charge in [-0.2, -0.15) is 0 Å². The lowest BCUT2D eigenvalue weighted by molar-refractivity contribution is 0.693. The van der Waals surface area contributed by atoms with Gasteiger partial charge in [0, 0.05) is 10.4 Å². The second-order valence-corrected chi connectivity index (χ2v) is 5.96. The first-order valence-electron chi connectivity index (χ1n) is 6.63. The predicted octanol–water partition coefficient (Wildman–Crippen LogP) is 3.71. The average molecular weight is 258 g/mol. The molecule has 0 aliphatic heterocycles. The van der Waals surface area contributed by atoms with Gasteiger partial charge in [-0.3, -0.25) is 0 Å². The lowest BCUT2D eigenvalue weighted by Crippen LogP contribution is -2.07. The van der Waals surface area contributed by atoms with Gasteiger partial charge in [-0.25, -0.2) is 4.98 Å². The van der Waals surface area contributed by atoms with Crippen molar-refractivity contribution in [2.24, 2.45) is 5.73 Å². The van der Waals surface area contributed by atoms with E-state index in [0.717, 1.165) is 24.3 Å². The maximum Gasteiger partial charge on any atom is 0.110 e. The van der Waals surface area contributed by atoms with Gasteiger partial charge in [0.1, 0.15) is 5.01 Å². The summed E-state index contributed by atoms with van der Waals surface area (Å²) in [7, 11) is 0. The summed E-state index contributed by atoms with van der Waals surface area (Å²) >= 11 is 1.81. The first-order chi connectivity index (χ1) is 8.79. The highest BCUT2D eigenvalue weighted by Gasteiger charge is 2.20. The van der Waals surface area contributed by atoms with Gasteiger partial charge < -0.3 is 5.73 Å². The molecule has 0 spiro atoms. The lowest BCUT2D eigenvalue weighted by Gasteiger charge is -2.05. The van der Waals surface area contributed by atoms with Gasteiger partial charge in [0.15, 0.2) is 0 Å². The van der Waals surface area contributed by atoms with Crippen molar-refractivity contribution in [1.29, 1.82) is 0 Å². The highest BCUT2D eigenvalue weighted by atomic mass is 32.1. The molecule has 1 aliphatic rings. The van der Waals surface area contributed by atoms with Crippen LogP contribution in [-0.2, 0) is 12.8 Å². The van der Waals surface area contributed by atoms with Crippen LogP contribution in [0.5, 0.6) is 0 Å². The van der Waals surface area contributed by atoms with E-state index >= 15 is 0 Å². The van der Waals surface area contributed by atoms with Gasteiger partial charge in [-0.1, -0.05) is 31.2 Å². The van der Waals surface area contributed by atoms with E-state index in [1.54, 1.807) is 0 Å². The SMILES string of the molecule is CCC(N)c1nc2c(s1)CCCc1ccccc1-2. The monoisotopic (exact) mass is 258 g/mol. The standard InChI is InChI=1S/C15H18N2S/c1-2-12(16)15-17-14-11-8-4-3-6-10(11)7-5-9-13(14)18-15/h3-4,6,8,12H,2,5,7,9,16H2,1H3. The summed E-state index contributed by atoms with van der Waals surface area (Å²) < 4.78 is 0. The third kappa shape index (κ3) is 1.98. The van der Waals surface area contributed by atoms with E-state index in [1.165, 1.54) is 28.1 Å². The van der Waals surface area contributed by atoms with E-state index in [4.69, 9.17) is 10.7 Å². The molecule has 3 rings (SSSR count). The van der Waals surface area contributed by atoms with E-state index in [0.29, 0.717) is 0 Å². The van der Waals surface area contributed by atoms with Gasteiger partial charge in [0.25, 0.3) is 0 Å². The normalized spacial score (nSPS) is 15.7. The van der Waals surface area contributed by atoms with Crippen LogP contribution in [-0.4, -0.2) is 4.98 Å². The van der Waals surface area contributed by atoms with Crippen molar-refractivity contribution in [2.75, 3.05) is 0 Å². The maximum absolute atomic E-state index is 6.11. The number of aryl methyl sites for hydroxylation is 2. The molecule has 2 N–H and O–H groups in total. The molecule has 1 aromatic heterocycles. The Balaban J connectivity index is 2.12. The molecule has 18 heavy (non-hydrogen) atoms. The molecule has 3 heteroatoms. The van der Waals surface area contributed by atoms with Crippen LogP contribution in [0.1, 0.15) is 41.3 Å². The summed E-state index contributed by atoms with van der Waals surface area (Å²) in [6.45, 7) is 2.12. The molecule has 1 unspecified atom stereocenters. The van der Waals surface area contributed by atoms with E-state index in [1.807, 2.05) is 11.3 Å². The van der Waals surface area contributed by atoms with Crippen molar-refractivity contribution < 1.29 is 0 Å². The van der Waals surface area contributed by atoms with Crippen molar-refractivity contribution in [3.8, 4) is 11.3 Å². The number of fused-ring (bicyclic) bond motifs is 3. The third-order valence-corrected chi connectivity index (χ3v) is 4.84. The number of nitrogens with two attached hydrogens (primary N) is 1. The van der Waals surface area contributed by atoms with Crippen LogP contribution in [0.3, 0.4) is 0 Å². The first kappa shape index (κ1) is 11.9. The van der Waals surface area contributed by atoms with E-state index in [-0.39, 0.29) is 6.04 Å². The highest BCUT2D eigenvalue weighted by Crippen LogP contribution is 2.36. The number of hydrogen-bond donors (Lipinski definition) is 1. The van der Waals surface area contributed by atoms with Crippen LogP contribution in [0.2, 0.25) is 0 Å².